The molecular weight excluding hydrogens is 106 g/mol. The normalized spacial score (nSPS) is 26.6. The van der Waals surface area contributed by atoms with Crippen molar-refractivity contribution in [2.24, 2.45) is 15.7 Å². The molecule has 1 unspecified atom stereocenters. The maximum absolute atomic E-state index is 6.93. The zero-order valence-corrected chi connectivity index (χ0v) is 4.13. The van der Waals surface area contributed by atoms with Crippen LogP contribution >= 0.6 is 0 Å². The standard InChI is InChI=1S/C3H6N5/c4-2-6-1-7-3(5)8-2/h1-2,4H,(H3,5,6,7,8). The first kappa shape index (κ1) is 5.04. The largest absolute Gasteiger partial charge is 0.368 e. The minimum atomic E-state index is -0.674. The fourth-order valence-electron chi connectivity index (χ4n) is 0.377. The van der Waals surface area contributed by atoms with E-state index in [1.807, 2.05) is 0 Å². The Labute approximate surface area is 46.5 Å². The minimum Gasteiger partial charge on any atom is -0.368 e. The highest BCUT2D eigenvalue weighted by Gasteiger charge is 2.00. The number of nitrogens with two attached hydrogens (primary N) is 1. The van der Waals surface area contributed by atoms with Gasteiger partial charge in [-0.1, -0.05) is 0 Å². The highest BCUT2D eigenvalue weighted by Crippen LogP contribution is 1.82. The van der Waals surface area contributed by atoms with E-state index in [4.69, 9.17) is 11.5 Å². The molecule has 0 fully saturated rings. The van der Waals surface area contributed by atoms with Gasteiger partial charge in [-0.25, -0.2) is 15.7 Å². The van der Waals surface area contributed by atoms with Gasteiger partial charge in [0.05, 0.1) is 6.34 Å². The maximum atomic E-state index is 6.93. The van der Waals surface area contributed by atoms with Gasteiger partial charge in [-0.3, -0.25) is 0 Å². The molecule has 5 heteroatoms. The lowest BCUT2D eigenvalue weighted by Crippen LogP contribution is -2.33. The highest BCUT2D eigenvalue weighted by atomic mass is 15.3. The molecule has 4 N–H and O–H groups in total. The van der Waals surface area contributed by atoms with Crippen LogP contribution in [-0.2, 0) is 0 Å². The van der Waals surface area contributed by atoms with Gasteiger partial charge in [-0.2, -0.15) is 0 Å². The predicted octanol–water partition coefficient (Wildman–Crippen LogP) is -1.50. The van der Waals surface area contributed by atoms with Crippen molar-refractivity contribution >= 4 is 12.3 Å². The summed E-state index contributed by atoms with van der Waals surface area (Å²) in [6.07, 6.45) is 0.687. The van der Waals surface area contributed by atoms with Crippen LogP contribution in [0.2, 0.25) is 0 Å². The predicted molar refractivity (Wildman–Crippen MR) is 30.1 cm³/mol. The number of guanidine groups is 1. The molecule has 1 aliphatic heterocycles. The molecule has 0 saturated carbocycles. The van der Waals surface area contributed by atoms with Gasteiger partial charge in [0.15, 0.2) is 6.29 Å². The lowest BCUT2D eigenvalue weighted by molar-refractivity contribution is 0.645. The number of rotatable bonds is 0. The zero-order valence-electron chi connectivity index (χ0n) is 4.13. The summed E-state index contributed by atoms with van der Waals surface area (Å²) < 4.78 is 0. The zero-order chi connectivity index (χ0) is 5.98. The van der Waals surface area contributed by atoms with Crippen LogP contribution in [0.3, 0.4) is 0 Å². The summed E-state index contributed by atoms with van der Waals surface area (Å²) in [5, 5.41) is 2.52. The number of nitrogens with one attached hydrogen (secondary N) is 2. The fraction of sp³-hybridized carbons (Fsp3) is 0.333. The van der Waals surface area contributed by atoms with E-state index in [0.717, 1.165) is 0 Å². The van der Waals surface area contributed by atoms with E-state index in [-0.39, 0.29) is 5.96 Å². The lowest BCUT2D eigenvalue weighted by Gasteiger charge is -2.08. The van der Waals surface area contributed by atoms with E-state index >= 15 is 0 Å². The van der Waals surface area contributed by atoms with Crippen LogP contribution in [0.4, 0.5) is 0 Å². The van der Waals surface area contributed by atoms with Crippen LogP contribution in [0.25, 0.3) is 0 Å². The van der Waals surface area contributed by atoms with Crippen molar-refractivity contribution in [1.82, 2.24) is 11.1 Å². The Kier molecular flexibility index (Phi) is 1.13. The van der Waals surface area contributed by atoms with Crippen LogP contribution < -0.4 is 16.8 Å². The molecule has 1 rings (SSSR count). The molecule has 0 saturated heterocycles. The van der Waals surface area contributed by atoms with Crippen LogP contribution in [0, 0.1) is 0 Å². The van der Waals surface area contributed by atoms with E-state index in [0.29, 0.717) is 0 Å². The van der Waals surface area contributed by atoms with Crippen molar-refractivity contribution in [3.05, 3.63) is 0 Å². The Bertz CT molecular complexity index is 137. The van der Waals surface area contributed by atoms with Crippen LogP contribution in [-0.4, -0.2) is 18.6 Å². The topological polar surface area (TPSA) is 86.6 Å². The van der Waals surface area contributed by atoms with E-state index in [1.54, 1.807) is 0 Å². The van der Waals surface area contributed by atoms with Gasteiger partial charge in [0.25, 0.3) is 0 Å². The summed E-state index contributed by atoms with van der Waals surface area (Å²) in [7, 11) is 0. The first-order valence-electron chi connectivity index (χ1n) is 2.12. The molecule has 0 aromatic rings. The molecule has 43 valence electrons. The van der Waals surface area contributed by atoms with Crippen LogP contribution in [0.1, 0.15) is 0 Å². The third kappa shape index (κ3) is 0.941. The van der Waals surface area contributed by atoms with Gasteiger partial charge in [-0.05, 0) is 0 Å². The van der Waals surface area contributed by atoms with Gasteiger partial charge in [-0.15, -0.1) is 0 Å². The van der Waals surface area contributed by atoms with E-state index < -0.39 is 6.29 Å². The second-order valence-electron chi connectivity index (χ2n) is 1.31. The van der Waals surface area contributed by atoms with Gasteiger partial charge in [0.2, 0.25) is 5.96 Å². The van der Waals surface area contributed by atoms with Crippen molar-refractivity contribution in [2.45, 2.75) is 6.29 Å². The molecule has 0 aromatic carbocycles. The Morgan fingerprint density at radius 2 is 2.62 bits per heavy atom. The van der Waals surface area contributed by atoms with E-state index in [1.165, 1.54) is 6.34 Å². The van der Waals surface area contributed by atoms with Crippen LogP contribution in [0.5, 0.6) is 0 Å². The minimum absolute atomic E-state index is 0.156. The molecule has 5 nitrogen and oxygen atoms in total. The summed E-state index contributed by atoms with van der Waals surface area (Å²) in [6, 6.07) is 0. The molecule has 1 atom stereocenters. The second-order valence-corrected chi connectivity index (χ2v) is 1.31. The molecule has 0 spiro atoms. The first-order valence-corrected chi connectivity index (χ1v) is 2.12. The Hall–Kier alpha value is -1.10. The molecule has 1 radical (unpaired) electrons. The van der Waals surface area contributed by atoms with Gasteiger partial charge < -0.3 is 11.1 Å². The average molecular weight is 112 g/mol. The molecule has 1 aliphatic rings. The Morgan fingerprint density at radius 3 is 3.00 bits per heavy atom. The van der Waals surface area contributed by atoms with Gasteiger partial charge in [0, 0.05) is 0 Å². The second kappa shape index (κ2) is 1.79. The van der Waals surface area contributed by atoms with Gasteiger partial charge >= 0.3 is 0 Å². The molecule has 0 amide bonds. The van der Waals surface area contributed by atoms with Crippen molar-refractivity contribution < 1.29 is 0 Å². The number of hydrogen-bond acceptors (Lipinski definition) is 4. The molecular formula is C3H6N5. The first-order chi connectivity index (χ1) is 3.79. The average Bonchev–Trinajstić information content (AvgIpc) is 1.64. The number of hydrogen-bond donors (Lipinski definition) is 2. The summed E-state index contributed by atoms with van der Waals surface area (Å²) >= 11 is 0. The third-order valence-electron chi connectivity index (χ3n) is 0.691. The third-order valence-corrected chi connectivity index (χ3v) is 0.691. The van der Waals surface area contributed by atoms with Crippen molar-refractivity contribution in [3.63, 3.8) is 0 Å². The highest BCUT2D eigenvalue weighted by molar-refractivity contribution is 5.87. The smallest absolute Gasteiger partial charge is 0.220 e. The molecule has 0 bridgehead atoms. The van der Waals surface area contributed by atoms with Crippen molar-refractivity contribution in [1.29, 1.82) is 0 Å². The number of aliphatic imine (C=N–C) groups is 2. The number of nitrogens with zero attached hydrogens (tertiary/aromatic N) is 2. The SMILES string of the molecule is [NH]C1N=C(N)N=CN1. The van der Waals surface area contributed by atoms with Crippen molar-refractivity contribution in [3.8, 4) is 0 Å². The van der Waals surface area contributed by atoms with Crippen LogP contribution in [0.15, 0.2) is 9.98 Å². The molecule has 1 heterocycles. The Balaban J connectivity index is 2.63. The molecule has 0 aromatic heterocycles. The Morgan fingerprint density at radius 1 is 1.88 bits per heavy atom. The maximum Gasteiger partial charge on any atom is 0.220 e. The lowest BCUT2D eigenvalue weighted by atomic mass is 10.8. The monoisotopic (exact) mass is 112 g/mol. The summed E-state index contributed by atoms with van der Waals surface area (Å²) in [5.74, 6) is 0.156. The quantitative estimate of drug-likeness (QED) is 0.399. The van der Waals surface area contributed by atoms with Gasteiger partial charge in [0.1, 0.15) is 0 Å². The van der Waals surface area contributed by atoms with E-state index in [2.05, 4.69) is 15.3 Å². The molecule has 0 aliphatic carbocycles. The summed E-state index contributed by atoms with van der Waals surface area (Å²) in [5.41, 5.74) is 12.0. The summed E-state index contributed by atoms with van der Waals surface area (Å²) in [6.45, 7) is 0. The fourth-order valence-corrected chi connectivity index (χ4v) is 0.377. The van der Waals surface area contributed by atoms with E-state index in [9.17, 15) is 0 Å². The van der Waals surface area contributed by atoms with Crippen molar-refractivity contribution in [2.75, 3.05) is 0 Å². The summed E-state index contributed by atoms with van der Waals surface area (Å²) in [4.78, 5) is 7.09. The molecule has 8 heavy (non-hydrogen) atoms.